The Morgan fingerprint density at radius 2 is 1.69 bits per heavy atom. The molecule has 4 aromatic carbocycles. The van der Waals surface area contributed by atoms with E-state index in [4.69, 9.17) is 14.1 Å². The molecule has 2 aromatic heterocycles. The fourth-order valence-corrected chi connectivity index (χ4v) is 5.44. The number of oxazole rings is 1. The van der Waals surface area contributed by atoms with Crippen LogP contribution in [0.5, 0.6) is 0 Å². The number of thiophene rings is 1. The molecule has 4 nitrogen and oxygen atoms in total. The van der Waals surface area contributed by atoms with Crippen molar-refractivity contribution >= 4 is 66.3 Å². The molecule has 6 rings (SSSR count). The average molecular weight is 478 g/mol. The van der Waals surface area contributed by atoms with Crippen molar-refractivity contribution in [1.82, 2.24) is 4.98 Å². The fourth-order valence-electron chi connectivity index (χ4n) is 4.19. The molecule has 0 aliphatic heterocycles. The van der Waals surface area contributed by atoms with Gasteiger partial charge in [0.05, 0.1) is 16.8 Å². The van der Waals surface area contributed by atoms with Crippen LogP contribution in [0.25, 0.3) is 53.5 Å². The first-order valence-corrected chi connectivity index (χ1v) is 12.5. The fraction of sp³-hybridized carbons (Fsp3) is 0.207. The highest BCUT2D eigenvalue weighted by molar-refractivity contribution is 7.26. The predicted molar refractivity (Wildman–Crippen MR) is 147 cm³/mol. The largest absolute Gasteiger partial charge is 0.435 e. The third-order valence-electron chi connectivity index (χ3n) is 7.00. The lowest BCUT2D eigenvalue weighted by molar-refractivity contribution is -0.0893. The van der Waals surface area contributed by atoms with Crippen molar-refractivity contribution in [2.45, 2.75) is 38.9 Å². The summed E-state index contributed by atoms with van der Waals surface area (Å²) < 4.78 is 14.6. The van der Waals surface area contributed by atoms with Crippen molar-refractivity contribution in [2.75, 3.05) is 0 Å². The molecule has 6 aromatic rings. The minimum absolute atomic E-state index is 0.635. The van der Waals surface area contributed by atoms with Gasteiger partial charge in [-0.25, -0.2) is 4.98 Å². The Hall–Kier alpha value is -3.19. The molecule has 173 valence electrons. The van der Waals surface area contributed by atoms with Crippen LogP contribution < -0.4 is 5.46 Å². The number of fused-ring (bicyclic) bond motifs is 6. The van der Waals surface area contributed by atoms with Gasteiger partial charge in [0, 0.05) is 25.6 Å². The van der Waals surface area contributed by atoms with Crippen LogP contribution in [-0.4, -0.2) is 28.8 Å². The summed E-state index contributed by atoms with van der Waals surface area (Å²) in [7, 11) is 1.73. The SMILES string of the molecule is CC(C)(O)C(C)(C)O[B]c1ccc2c(c1)sc1c(-c3nc4ccc5ccccc5c4o3)cccc12. The van der Waals surface area contributed by atoms with Crippen molar-refractivity contribution < 1.29 is 14.2 Å². The van der Waals surface area contributed by atoms with Gasteiger partial charge in [-0.1, -0.05) is 60.1 Å². The number of rotatable bonds is 5. The molecule has 0 bridgehead atoms. The Morgan fingerprint density at radius 1 is 0.886 bits per heavy atom. The Kier molecular flexibility index (Phi) is 5.04. The average Bonchev–Trinajstić information content (AvgIpc) is 3.43. The van der Waals surface area contributed by atoms with Gasteiger partial charge in [0.15, 0.2) is 5.58 Å². The summed E-state index contributed by atoms with van der Waals surface area (Å²) in [6.07, 6.45) is 0. The first-order chi connectivity index (χ1) is 16.7. The lowest BCUT2D eigenvalue weighted by Crippen LogP contribution is -2.49. The van der Waals surface area contributed by atoms with Gasteiger partial charge in [0.2, 0.25) is 5.89 Å². The molecule has 0 spiro atoms. The zero-order valence-electron chi connectivity index (χ0n) is 20.1. The molecule has 0 aliphatic carbocycles. The molecule has 0 unspecified atom stereocenters. The van der Waals surface area contributed by atoms with Gasteiger partial charge in [0.25, 0.3) is 0 Å². The predicted octanol–water partition coefficient (Wildman–Crippen LogP) is 6.83. The molecule has 0 atom stereocenters. The number of aromatic nitrogens is 1. The molecule has 0 saturated carbocycles. The van der Waals surface area contributed by atoms with Crippen LogP contribution in [-0.2, 0) is 4.65 Å². The van der Waals surface area contributed by atoms with E-state index in [2.05, 4.69) is 48.5 Å². The third kappa shape index (κ3) is 3.73. The quantitative estimate of drug-likeness (QED) is 0.276. The Morgan fingerprint density at radius 3 is 2.51 bits per heavy atom. The Balaban J connectivity index is 1.42. The summed E-state index contributed by atoms with van der Waals surface area (Å²) in [6.45, 7) is 7.29. The van der Waals surface area contributed by atoms with Crippen LogP contribution in [0, 0.1) is 0 Å². The summed E-state index contributed by atoms with van der Waals surface area (Å²) in [6, 6.07) is 24.9. The number of benzene rings is 4. The third-order valence-corrected chi connectivity index (χ3v) is 8.20. The second-order valence-electron chi connectivity index (χ2n) is 10.00. The highest BCUT2D eigenvalue weighted by Crippen LogP contribution is 2.40. The van der Waals surface area contributed by atoms with Crippen LogP contribution in [0.1, 0.15) is 27.7 Å². The van der Waals surface area contributed by atoms with E-state index < -0.39 is 11.2 Å². The molecule has 0 amide bonds. The number of hydrogen-bond donors (Lipinski definition) is 1. The van der Waals surface area contributed by atoms with Crippen LogP contribution in [0.3, 0.4) is 0 Å². The summed E-state index contributed by atoms with van der Waals surface area (Å²) in [5.41, 5.74) is 1.95. The van der Waals surface area contributed by atoms with Gasteiger partial charge in [-0.15, -0.1) is 11.3 Å². The summed E-state index contributed by atoms with van der Waals surface area (Å²) in [5, 5.41) is 15.0. The lowest BCUT2D eigenvalue weighted by Gasteiger charge is -2.37. The van der Waals surface area contributed by atoms with Gasteiger partial charge in [-0.3, -0.25) is 0 Å². The second kappa shape index (κ2) is 7.92. The molecule has 0 fully saturated rings. The van der Waals surface area contributed by atoms with Crippen molar-refractivity contribution in [3.8, 4) is 11.5 Å². The van der Waals surface area contributed by atoms with Crippen LogP contribution in [0.2, 0.25) is 0 Å². The smallest absolute Gasteiger partial charge is 0.330 e. The van der Waals surface area contributed by atoms with Gasteiger partial charge in [0.1, 0.15) is 5.52 Å². The van der Waals surface area contributed by atoms with E-state index in [0.717, 1.165) is 42.3 Å². The summed E-state index contributed by atoms with van der Waals surface area (Å²) in [4.78, 5) is 4.84. The van der Waals surface area contributed by atoms with E-state index in [0.29, 0.717) is 5.89 Å². The first kappa shape index (κ1) is 22.3. The lowest BCUT2D eigenvalue weighted by atomic mass is 9.82. The van der Waals surface area contributed by atoms with E-state index >= 15 is 0 Å². The first-order valence-electron chi connectivity index (χ1n) is 11.7. The minimum atomic E-state index is -0.967. The number of aliphatic hydroxyl groups is 1. The highest BCUT2D eigenvalue weighted by Gasteiger charge is 2.35. The zero-order valence-corrected chi connectivity index (χ0v) is 20.9. The Labute approximate surface area is 208 Å². The highest BCUT2D eigenvalue weighted by atomic mass is 32.1. The van der Waals surface area contributed by atoms with Gasteiger partial charge >= 0.3 is 7.48 Å². The number of hydrogen-bond acceptors (Lipinski definition) is 5. The van der Waals surface area contributed by atoms with E-state index in [1.165, 1.54) is 10.8 Å². The number of nitrogens with zero attached hydrogens (tertiary/aromatic N) is 1. The van der Waals surface area contributed by atoms with E-state index in [1.807, 2.05) is 38.1 Å². The van der Waals surface area contributed by atoms with Gasteiger partial charge in [-0.2, -0.15) is 0 Å². The van der Waals surface area contributed by atoms with Crippen molar-refractivity contribution in [3.05, 3.63) is 72.8 Å². The molecule has 6 heteroatoms. The molecular weight excluding hydrogens is 453 g/mol. The normalized spacial score (nSPS) is 12.8. The topological polar surface area (TPSA) is 55.5 Å². The maximum Gasteiger partial charge on any atom is 0.330 e. The molecule has 35 heavy (non-hydrogen) atoms. The zero-order chi connectivity index (χ0) is 24.4. The van der Waals surface area contributed by atoms with Gasteiger partial charge < -0.3 is 14.2 Å². The maximum atomic E-state index is 10.4. The molecular formula is C29H25BNO3S. The van der Waals surface area contributed by atoms with Crippen molar-refractivity contribution in [3.63, 3.8) is 0 Å². The second-order valence-corrected chi connectivity index (χ2v) is 11.1. The van der Waals surface area contributed by atoms with Gasteiger partial charge in [-0.05, 0) is 51.3 Å². The minimum Gasteiger partial charge on any atom is -0.435 e. The van der Waals surface area contributed by atoms with Crippen LogP contribution in [0.15, 0.2) is 77.2 Å². The van der Waals surface area contributed by atoms with Crippen LogP contribution >= 0.6 is 11.3 Å². The summed E-state index contributed by atoms with van der Waals surface area (Å²) >= 11 is 1.72. The Bertz CT molecular complexity index is 1730. The molecule has 2 heterocycles. The molecule has 0 saturated heterocycles. The summed E-state index contributed by atoms with van der Waals surface area (Å²) in [5.74, 6) is 0.635. The molecule has 0 aliphatic rings. The van der Waals surface area contributed by atoms with Crippen molar-refractivity contribution in [2.24, 2.45) is 0 Å². The van der Waals surface area contributed by atoms with E-state index in [-0.39, 0.29) is 0 Å². The van der Waals surface area contributed by atoms with Crippen molar-refractivity contribution in [1.29, 1.82) is 0 Å². The molecule has 1 radical (unpaired) electrons. The van der Waals surface area contributed by atoms with Crippen LogP contribution in [0.4, 0.5) is 0 Å². The monoisotopic (exact) mass is 478 g/mol. The van der Waals surface area contributed by atoms with E-state index in [1.54, 1.807) is 32.7 Å². The standard InChI is InChI=1S/C29H25BNO3S/c1-28(2,32)29(3,4)34-30-18-13-14-20-21-10-7-11-22(26(21)35-24(20)16-18)27-31-23-15-12-17-8-5-6-9-19(17)25(23)33-27/h5-16,32H,1-4H3. The molecule has 1 N–H and O–H groups in total. The maximum absolute atomic E-state index is 10.4. The van der Waals surface area contributed by atoms with E-state index in [9.17, 15) is 5.11 Å².